The summed E-state index contributed by atoms with van der Waals surface area (Å²) in [6.45, 7) is 2.00. The van der Waals surface area contributed by atoms with E-state index >= 15 is 0 Å². The Bertz CT molecular complexity index is 749. The molecular formula is C13H11NO3. The van der Waals surface area contributed by atoms with E-state index in [1.165, 1.54) is 0 Å². The minimum absolute atomic E-state index is 0.237. The number of rotatable bonds is 1. The molecule has 86 valence electrons. The number of carboxylic acids is 1. The Balaban J connectivity index is 2.45. The minimum atomic E-state index is -0.945. The fraction of sp³-hybridized carbons (Fsp3) is 0.154. The van der Waals surface area contributed by atoms with Crippen molar-refractivity contribution in [1.29, 1.82) is 0 Å². The third kappa shape index (κ3) is 1.27. The Kier molecular flexibility index (Phi) is 1.84. The third-order valence-corrected chi connectivity index (χ3v) is 3.03. The quantitative estimate of drug-likeness (QED) is 0.698. The Morgan fingerprint density at radius 2 is 2.06 bits per heavy atom. The van der Waals surface area contributed by atoms with Crippen LogP contribution in [0.2, 0.25) is 0 Å². The second kappa shape index (κ2) is 3.13. The maximum Gasteiger partial charge on any atom is 0.352 e. The summed E-state index contributed by atoms with van der Waals surface area (Å²) in [6, 6.07) is 7.56. The summed E-state index contributed by atoms with van der Waals surface area (Å²) >= 11 is 0. The predicted molar refractivity (Wildman–Crippen MR) is 64.4 cm³/mol. The molecule has 1 aromatic carbocycles. The van der Waals surface area contributed by atoms with E-state index in [4.69, 9.17) is 9.52 Å². The average Bonchev–Trinajstić information content (AvgIpc) is 2.76. The Morgan fingerprint density at radius 3 is 2.76 bits per heavy atom. The smallest absolute Gasteiger partial charge is 0.352 e. The second-order valence-electron chi connectivity index (χ2n) is 4.21. The van der Waals surface area contributed by atoms with Crippen LogP contribution in [-0.2, 0) is 7.05 Å². The van der Waals surface area contributed by atoms with Gasteiger partial charge in [-0.25, -0.2) is 4.79 Å². The zero-order chi connectivity index (χ0) is 12.2. The molecule has 0 saturated heterocycles. The number of aromatic carboxylic acids is 1. The van der Waals surface area contributed by atoms with Crippen molar-refractivity contribution in [2.24, 2.45) is 7.05 Å². The average molecular weight is 229 g/mol. The van der Waals surface area contributed by atoms with Gasteiger partial charge >= 0.3 is 5.97 Å². The number of carboxylic acid groups (broad SMARTS) is 1. The summed E-state index contributed by atoms with van der Waals surface area (Å²) in [6.07, 6.45) is 0. The van der Waals surface area contributed by atoms with Crippen LogP contribution in [0.25, 0.3) is 22.1 Å². The molecule has 0 atom stereocenters. The van der Waals surface area contributed by atoms with Gasteiger partial charge in [0.1, 0.15) is 11.3 Å². The summed E-state index contributed by atoms with van der Waals surface area (Å²) in [5, 5.41) is 10.8. The van der Waals surface area contributed by atoms with Gasteiger partial charge in [0.05, 0.1) is 0 Å². The maximum atomic E-state index is 11.0. The van der Waals surface area contributed by atoms with Crippen LogP contribution in [0.4, 0.5) is 0 Å². The van der Waals surface area contributed by atoms with E-state index in [2.05, 4.69) is 0 Å². The molecule has 0 radical (unpaired) electrons. The van der Waals surface area contributed by atoms with Gasteiger partial charge in [-0.15, -0.1) is 0 Å². The fourth-order valence-electron chi connectivity index (χ4n) is 2.15. The molecule has 3 rings (SSSR count). The molecule has 0 bridgehead atoms. The molecule has 1 N–H and O–H groups in total. The van der Waals surface area contributed by atoms with Crippen LogP contribution < -0.4 is 0 Å². The molecular weight excluding hydrogens is 218 g/mol. The van der Waals surface area contributed by atoms with Crippen LogP contribution in [0.5, 0.6) is 0 Å². The standard InChI is InChI=1S/C13H11NO3/c1-7-3-4-8-9-6-10(13(15)16)14(2)12(9)17-11(8)5-7/h3-6H,1-2H3,(H,15,16). The largest absolute Gasteiger partial charge is 0.477 e. The molecule has 3 aromatic rings. The number of fused-ring (bicyclic) bond motifs is 3. The summed E-state index contributed by atoms with van der Waals surface area (Å²) in [7, 11) is 1.70. The lowest BCUT2D eigenvalue weighted by molar-refractivity contribution is 0.0686. The van der Waals surface area contributed by atoms with Crippen LogP contribution in [0, 0.1) is 6.92 Å². The van der Waals surface area contributed by atoms with E-state index in [1.807, 2.05) is 25.1 Å². The van der Waals surface area contributed by atoms with Crippen molar-refractivity contribution in [3.05, 3.63) is 35.5 Å². The summed E-state index contributed by atoms with van der Waals surface area (Å²) < 4.78 is 7.26. The molecule has 0 amide bonds. The summed E-state index contributed by atoms with van der Waals surface area (Å²) in [5.41, 5.74) is 2.75. The zero-order valence-corrected chi connectivity index (χ0v) is 9.52. The molecule has 0 aliphatic carbocycles. The lowest BCUT2D eigenvalue weighted by atomic mass is 10.1. The normalized spacial score (nSPS) is 11.4. The molecule has 4 nitrogen and oxygen atoms in total. The fourth-order valence-corrected chi connectivity index (χ4v) is 2.15. The number of hydrogen-bond donors (Lipinski definition) is 1. The highest BCUT2D eigenvalue weighted by atomic mass is 16.4. The van der Waals surface area contributed by atoms with Crippen LogP contribution in [-0.4, -0.2) is 15.6 Å². The van der Waals surface area contributed by atoms with Crippen LogP contribution in [0.15, 0.2) is 28.7 Å². The van der Waals surface area contributed by atoms with Crippen molar-refractivity contribution in [2.45, 2.75) is 6.92 Å². The van der Waals surface area contributed by atoms with Gasteiger partial charge in [-0.05, 0) is 24.6 Å². The van der Waals surface area contributed by atoms with E-state index in [9.17, 15) is 4.79 Å². The first-order chi connectivity index (χ1) is 8.08. The SMILES string of the molecule is Cc1ccc2c(c1)oc1c2cc(C(=O)O)n1C. The minimum Gasteiger partial charge on any atom is -0.477 e. The van der Waals surface area contributed by atoms with Crippen molar-refractivity contribution < 1.29 is 14.3 Å². The molecule has 0 unspecified atom stereocenters. The van der Waals surface area contributed by atoms with Crippen molar-refractivity contribution in [1.82, 2.24) is 4.57 Å². The van der Waals surface area contributed by atoms with Crippen molar-refractivity contribution in [3.8, 4) is 0 Å². The number of carbonyl (C=O) groups is 1. The number of aryl methyl sites for hydroxylation is 2. The van der Waals surface area contributed by atoms with E-state index in [1.54, 1.807) is 17.7 Å². The summed E-state index contributed by atoms with van der Waals surface area (Å²) in [5.74, 6) is -0.945. The molecule has 4 heteroatoms. The molecule has 0 spiro atoms. The number of furan rings is 1. The molecule has 0 aliphatic heterocycles. The first kappa shape index (κ1) is 9.96. The van der Waals surface area contributed by atoms with Crippen LogP contribution in [0.1, 0.15) is 16.1 Å². The van der Waals surface area contributed by atoms with Crippen molar-refractivity contribution in [2.75, 3.05) is 0 Å². The first-order valence-electron chi connectivity index (χ1n) is 5.30. The lowest BCUT2D eigenvalue weighted by Crippen LogP contribution is -2.03. The van der Waals surface area contributed by atoms with E-state index in [0.29, 0.717) is 5.71 Å². The van der Waals surface area contributed by atoms with Gasteiger partial charge in [0.2, 0.25) is 5.71 Å². The van der Waals surface area contributed by atoms with Gasteiger partial charge in [0.25, 0.3) is 0 Å². The number of aromatic nitrogens is 1. The molecule has 0 aliphatic rings. The highest BCUT2D eigenvalue weighted by molar-refractivity contribution is 6.07. The highest BCUT2D eigenvalue weighted by Gasteiger charge is 2.17. The second-order valence-corrected chi connectivity index (χ2v) is 4.21. The maximum absolute atomic E-state index is 11.0. The zero-order valence-electron chi connectivity index (χ0n) is 9.52. The van der Waals surface area contributed by atoms with Gasteiger partial charge in [0, 0.05) is 17.8 Å². The third-order valence-electron chi connectivity index (χ3n) is 3.03. The first-order valence-corrected chi connectivity index (χ1v) is 5.30. The van der Waals surface area contributed by atoms with E-state index in [-0.39, 0.29) is 5.69 Å². The van der Waals surface area contributed by atoms with Gasteiger partial charge in [-0.1, -0.05) is 12.1 Å². The topological polar surface area (TPSA) is 55.4 Å². The molecule has 0 fully saturated rings. The van der Waals surface area contributed by atoms with Crippen molar-refractivity contribution >= 4 is 28.0 Å². The highest BCUT2D eigenvalue weighted by Crippen LogP contribution is 2.31. The van der Waals surface area contributed by atoms with Gasteiger partial charge in [-0.3, -0.25) is 0 Å². The van der Waals surface area contributed by atoms with Gasteiger partial charge < -0.3 is 14.1 Å². The van der Waals surface area contributed by atoms with E-state index < -0.39 is 5.97 Å². The lowest BCUT2D eigenvalue weighted by Gasteiger charge is -1.96. The van der Waals surface area contributed by atoms with Crippen LogP contribution >= 0.6 is 0 Å². The van der Waals surface area contributed by atoms with Crippen LogP contribution in [0.3, 0.4) is 0 Å². The molecule has 2 aromatic heterocycles. The number of hydrogen-bond acceptors (Lipinski definition) is 2. The Morgan fingerprint density at radius 1 is 1.29 bits per heavy atom. The summed E-state index contributed by atoms with van der Waals surface area (Å²) in [4.78, 5) is 11.0. The number of nitrogens with zero attached hydrogens (tertiary/aromatic N) is 1. The Labute approximate surface area is 97.1 Å². The monoisotopic (exact) mass is 229 g/mol. The van der Waals surface area contributed by atoms with E-state index in [0.717, 1.165) is 21.9 Å². The molecule has 2 heterocycles. The van der Waals surface area contributed by atoms with Gasteiger partial charge in [-0.2, -0.15) is 0 Å². The molecule has 0 saturated carbocycles. The molecule has 17 heavy (non-hydrogen) atoms. The number of benzene rings is 1. The Hall–Kier alpha value is -2.23. The van der Waals surface area contributed by atoms with Crippen molar-refractivity contribution in [3.63, 3.8) is 0 Å². The van der Waals surface area contributed by atoms with Gasteiger partial charge in [0.15, 0.2) is 0 Å². The predicted octanol–water partition coefficient (Wildman–Crippen LogP) is 2.93.